The van der Waals surface area contributed by atoms with Crippen LogP contribution in [0.2, 0.25) is 0 Å². The molecule has 2 N–H and O–H groups in total. The minimum atomic E-state index is -0.0588. The Morgan fingerprint density at radius 3 is 2.93 bits per heavy atom. The van der Waals surface area contributed by atoms with Crippen molar-refractivity contribution in [3.05, 3.63) is 62.5 Å². The highest BCUT2D eigenvalue weighted by molar-refractivity contribution is 7.18. The van der Waals surface area contributed by atoms with E-state index in [2.05, 4.69) is 34.3 Å². The standard InChI is InChI=1S/C22H25N3O2S/c1-14-7-8-16-17(13-14)28-22-20(16)21(27)24-18(25-22)9-10-19(26)23-12-11-15-5-3-2-4-6-15/h2-6,14H,7-13H2,1H3,(H,23,26)(H,24,25,27)/t14-/m0/s1. The topological polar surface area (TPSA) is 74.8 Å². The second-order valence-electron chi connectivity index (χ2n) is 7.63. The first-order valence-electron chi connectivity index (χ1n) is 9.94. The van der Waals surface area contributed by atoms with Gasteiger partial charge in [0, 0.05) is 24.3 Å². The van der Waals surface area contributed by atoms with Gasteiger partial charge in [0.25, 0.3) is 5.56 Å². The highest BCUT2D eigenvalue weighted by atomic mass is 32.1. The summed E-state index contributed by atoms with van der Waals surface area (Å²) in [4.78, 5) is 34.4. The van der Waals surface area contributed by atoms with Gasteiger partial charge in [-0.05, 0) is 42.7 Å². The Morgan fingerprint density at radius 1 is 1.29 bits per heavy atom. The quantitative estimate of drug-likeness (QED) is 0.672. The van der Waals surface area contributed by atoms with Gasteiger partial charge < -0.3 is 10.3 Å². The maximum Gasteiger partial charge on any atom is 0.259 e. The number of thiophene rings is 1. The minimum Gasteiger partial charge on any atom is -0.356 e. The molecule has 0 saturated heterocycles. The third-order valence-electron chi connectivity index (χ3n) is 5.38. The third-order valence-corrected chi connectivity index (χ3v) is 6.53. The van der Waals surface area contributed by atoms with Gasteiger partial charge in [-0.1, -0.05) is 37.3 Å². The lowest BCUT2D eigenvalue weighted by molar-refractivity contribution is -0.121. The molecule has 0 unspecified atom stereocenters. The van der Waals surface area contributed by atoms with E-state index in [4.69, 9.17) is 0 Å². The number of aromatic nitrogens is 2. The number of aromatic amines is 1. The van der Waals surface area contributed by atoms with Crippen LogP contribution in [0.1, 0.15) is 41.6 Å². The number of carbonyl (C=O) groups excluding carboxylic acids is 1. The molecule has 5 nitrogen and oxygen atoms in total. The fourth-order valence-corrected chi connectivity index (χ4v) is 5.23. The lowest BCUT2D eigenvalue weighted by Gasteiger charge is -2.17. The van der Waals surface area contributed by atoms with Crippen LogP contribution in [0.5, 0.6) is 0 Å². The number of H-pyrrole nitrogens is 1. The van der Waals surface area contributed by atoms with Crippen molar-refractivity contribution >= 4 is 27.5 Å². The molecule has 1 aliphatic carbocycles. The fourth-order valence-electron chi connectivity index (χ4n) is 3.82. The Kier molecular flexibility index (Phi) is 5.57. The van der Waals surface area contributed by atoms with E-state index in [1.165, 1.54) is 16.0 Å². The van der Waals surface area contributed by atoms with Crippen molar-refractivity contribution < 1.29 is 4.79 Å². The largest absolute Gasteiger partial charge is 0.356 e. The molecule has 2 heterocycles. The van der Waals surface area contributed by atoms with Crippen molar-refractivity contribution in [2.45, 2.75) is 45.4 Å². The molecule has 0 aliphatic heterocycles. The van der Waals surface area contributed by atoms with Gasteiger partial charge in [-0.15, -0.1) is 11.3 Å². The van der Waals surface area contributed by atoms with Crippen molar-refractivity contribution in [1.82, 2.24) is 15.3 Å². The number of carbonyl (C=O) groups is 1. The third kappa shape index (κ3) is 4.17. The summed E-state index contributed by atoms with van der Waals surface area (Å²) in [5, 5.41) is 3.71. The molecule has 28 heavy (non-hydrogen) atoms. The maximum absolute atomic E-state index is 12.6. The predicted molar refractivity (Wildman–Crippen MR) is 113 cm³/mol. The summed E-state index contributed by atoms with van der Waals surface area (Å²) in [6.45, 7) is 2.87. The van der Waals surface area contributed by atoms with Crippen LogP contribution < -0.4 is 10.9 Å². The number of nitrogens with one attached hydrogen (secondary N) is 2. The van der Waals surface area contributed by atoms with Crippen LogP contribution in [0.25, 0.3) is 10.2 Å². The van der Waals surface area contributed by atoms with Crippen LogP contribution in [0, 0.1) is 5.92 Å². The van der Waals surface area contributed by atoms with Crippen molar-refractivity contribution in [3.8, 4) is 0 Å². The Bertz CT molecular complexity index is 1040. The maximum atomic E-state index is 12.6. The number of fused-ring (bicyclic) bond motifs is 3. The molecule has 1 atom stereocenters. The molecule has 0 fully saturated rings. The van der Waals surface area contributed by atoms with Crippen LogP contribution in [0.4, 0.5) is 0 Å². The molecule has 0 saturated carbocycles. The molecule has 2 aromatic heterocycles. The molecular formula is C22H25N3O2S. The van der Waals surface area contributed by atoms with Gasteiger partial charge in [0.2, 0.25) is 5.91 Å². The molecule has 0 radical (unpaired) electrons. The van der Waals surface area contributed by atoms with Gasteiger partial charge in [0.05, 0.1) is 5.39 Å². The molecule has 1 amide bonds. The molecule has 0 bridgehead atoms. The monoisotopic (exact) mass is 395 g/mol. The fraction of sp³-hybridized carbons (Fsp3) is 0.409. The zero-order chi connectivity index (χ0) is 19.5. The number of hydrogen-bond acceptors (Lipinski definition) is 4. The molecule has 3 aromatic rings. The summed E-state index contributed by atoms with van der Waals surface area (Å²) < 4.78 is 0. The Labute approximate surface area is 168 Å². The van der Waals surface area contributed by atoms with E-state index in [1.807, 2.05) is 18.2 Å². The second kappa shape index (κ2) is 8.27. The first kappa shape index (κ1) is 18.9. The van der Waals surface area contributed by atoms with Crippen LogP contribution >= 0.6 is 11.3 Å². The number of aryl methyl sites for hydroxylation is 2. The SMILES string of the molecule is C[C@H]1CCc2c(sc3nc(CCC(=O)NCCc4ccccc4)[nH]c(=O)c23)C1. The molecule has 1 aromatic carbocycles. The van der Waals surface area contributed by atoms with E-state index in [-0.39, 0.29) is 11.5 Å². The predicted octanol–water partition coefficient (Wildman–Crippen LogP) is 3.40. The lowest BCUT2D eigenvalue weighted by atomic mass is 9.89. The smallest absolute Gasteiger partial charge is 0.259 e. The number of rotatable bonds is 6. The van der Waals surface area contributed by atoms with Gasteiger partial charge in [0.1, 0.15) is 10.7 Å². The first-order chi connectivity index (χ1) is 13.6. The van der Waals surface area contributed by atoms with Crippen LogP contribution in [0.3, 0.4) is 0 Å². The van der Waals surface area contributed by atoms with Crippen LogP contribution in [-0.2, 0) is 30.5 Å². The highest BCUT2D eigenvalue weighted by Gasteiger charge is 2.23. The Balaban J connectivity index is 1.37. The average molecular weight is 396 g/mol. The summed E-state index contributed by atoms with van der Waals surface area (Å²) in [7, 11) is 0. The summed E-state index contributed by atoms with van der Waals surface area (Å²) in [5.74, 6) is 1.25. The number of benzene rings is 1. The highest BCUT2D eigenvalue weighted by Crippen LogP contribution is 2.35. The van der Waals surface area contributed by atoms with E-state index in [0.717, 1.165) is 35.9 Å². The van der Waals surface area contributed by atoms with Crippen molar-refractivity contribution in [2.24, 2.45) is 5.92 Å². The summed E-state index contributed by atoms with van der Waals surface area (Å²) in [6, 6.07) is 10.1. The molecule has 146 valence electrons. The van der Waals surface area contributed by atoms with E-state index in [0.29, 0.717) is 31.1 Å². The molecule has 4 rings (SSSR count). The molecule has 6 heteroatoms. The van der Waals surface area contributed by atoms with Gasteiger partial charge in [-0.3, -0.25) is 9.59 Å². The lowest BCUT2D eigenvalue weighted by Crippen LogP contribution is -2.26. The second-order valence-corrected chi connectivity index (χ2v) is 8.71. The van der Waals surface area contributed by atoms with E-state index in [9.17, 15) is 9.59 Å². The van der Waals surface area contributed by atoms with Crippen molar-refractivity contribution in [3.63, 3.8) is 0 Å². The van der Waals surface area contributed by atoms with Gasteiger partial charge in [-0.25, -0.2) is 4.98 Å². The molecule has 1 aliphatic rings. The Hall–Kier alpha value is -2.47. The van der Waals surface area contributed by atoms with Crippen molar-refractivity contribution in [1.29, 1.82) is 0 Å². The van der Waals surface area contributed by atoms with Gasteiger partial charge in [0.15, 0.2) is 0 Å². The summed E-state index contributed by atoms with van der Waals surface area (Å²) in [5.41, 5.74) is 2.34. The van der Waals surface area contributed by atoms with E-state index in [1.54, 1.807) is 11.3 Å². The van der Waals surface area contributed by atoms with Crippen LogP contribution in [0.15, 0.2) is 35.1 Å². The van der Waals surface area contributed by atoms with Crippen LogP contribution in [-0.4, -0.2) is 22.4 Å². The summed E-state index contributed by atoms with van der Waals surface area (Å²) in [6.07, 6.45) is 4.71. The van der Waals surface area contributed by atoms with Gasteiger partial charge >= 0.3 is 0 Å². The van der Waals surface area contributed by atoms with E-state index < -0.39 is 0 Å². The molecule has 0 spiro atoms. The number of amides is 1. The van der Waals surface area contributed by atoms with Crippen molar-refractivity contribution in [2.75, 3.05) is 6.54 Å². The van der Waals surface area contributed by atoms with Gasteiger partial charge in [-0.2, -0.15) is 0 Å². The number of hydrogen-bond donors (Lipinski definition) is 2. The average Bonchev–Trinajstić information content (AvgIpc) is 3.05. The zero-order valence-corrected chi connectivity index (χ0v) is 16.9. The molecular weight excluding hydrogens is 370 g/mol. The zero-order valence-electron chi connectivity index (χ0n) is 16.1. The first-order valence-corrected chi connectivity index (χ1v) is 10.8. The number of nitrogens with zero attached hydrogens (tertiary/aromatic N) is 1. The normalized spacial score (nSPS) is 16.1. The Morgan fingerprint density at radius 2 is 2.11 bits per heavy atom. The minimum absolute atomic E-state index is 0.0158. The van der Waals surface area contributed by atoms with E-state index >= 15 is 0 Å². The summed E-state index contributed by atoms with van der Waals surface area (Å²) >= 11 is 1.65.